The second-order valence-corrected chi connectivity index (χ2v) is 5.27. The van der Waals surface area contributed by atoms with Crippen molar-refractivity contribution in [2.24, 2.45) is 11.7 Å². The second-order valence-electron chi connectivity index (χ2n) is 5.27. The van der Waals surface area contributed by atoms with E-state index in [0.717, 1.165) is 13.0 Å². The molecule has 0 bridgehead atoms. The SMILES string of the molecule is NCC1CCN(C(=O)c2cncn2-c2ccc(F)cc2)C1. The van der Waals surface area contributed by atoms with E-state index in [1.54, 1.807) is 34.1 Å². The van der Waals surface area contributed by atoms with Gasteiger partial charge in [-0.3, -0.25) is 9.36 Å². The number of amides is 1. The summed E-state index contributed by atoms with van der Waals surface area (Å²) < 4.78 is 14.7. The van der Waals surface area contributed by atoms with E-state index in [4.69, 9.17) is 5.73 Å². The van der Waals surface area contributed by atoms with Crippen LogP contribution in [0, 0.1) is 11.7 Å². The summed E-state index contributed by atoms with van der Waals surface area (Å²) in [5, 5.41) is 0. The first-order chi connectivity index (χ1) is 10.2. The molecule has 1 aromatic carbocycles. The van der Waals surface area contributed by atoms with Gasteiger partial charge in [-0.05, 0) is 43.1 Å². The molecular weight excluding hydrogens is 271 g/mol. The predicted octanol–water partition coefficient (Wildman–Crippen LogP) is 1.43. The first kappa shape index (κ1) is 13.8. The van der Waals surface area contributed by atoms with E-state index in [9.17, 15) is 9.18 Å². The van der Waals surface area contributed by atoms with Gasteiger partial charge in [-0.15, -0.1) is 0 Å². The summed E-state index contributed by atoms with van der Waals surface area (Å²) in [5.41, 5.74) is 6.86. The minimum Gasteiger partial charge on any atom is -0.337 e. The third-order valence-corrected chi connectivity index (χ3v) is 3.87. The van der Waals surface area contributed by atoms with Crippen molar-refractivity contribution in [3.8, 4) is 5.69 Å². The number of rotatable bonds is 3. The maximum atomic E-state index is 13.0. The Morgan fingerprint density at radius 1 is 1.38 bits per heavy atom. The highest BCUT2D eigenvalue weighted by Gasteiger charge is 2.27. The molecule has 1 aromatic heterocycles. The average Bonchev–Trinajstić information content (AvgIpc) is 3.16. The number of hydrogen-bond acceptors (Lipinski definition) is 3. The van der Waals surface area contributed by atoms with Crippen molar-refractivity contribution in [1.29, 1.82) is 0 Å². The molecule has 21 heavy (non-hydrogen) atoms. The van der Waals surface area contributed by atoms with Crippen LogP contribution < -0.4 is 5.73 Å². The molecule has 0 radical (unpaired) electrons. The molecule has 0 aliphatic carbocycles. The maximum absolute atomic E-state index is 13.0. The van der Waals surface area contributed by atoms with Gasteiger partial charge in [0, 0.05) is 18.8 Å². The molecule has 2 aromatic rings. The van der Waals surface area contributed by atoms with Crippen LogP contribution in [0.15, 0.2) is 36.8 Å². The Morgan fingerprint density at radius 2 is 2.14 bits per heavy atom. The van der Waals surface area contributed by atoms with Crippen molar-refractivity contribution in [3.05, 3.63) is 48.3 Å². The topological polar surface area (TPSA) is 64.2 Å². The van der Waals surface area contributed by atoms with Crippen LogP contribution in [0.5, 0.6) is 0 Å². The van der Waals surface area contributed by atoms with E-state index in [1.165, 1.54) is 12.1 Å². The average molecular weight is 288 g/mol. The van der Waals surface area contributed by atoms with Gasteiger partial charge in [0.25, 0.3) is 5.91 Å². The Kier molecular flexibility index (Phi) is 3.70. The van der Waals surface area contributed by atoms with Crippen molar-refractivity contribution >= 4 is 5.91 Å². The molecule has 1 unspecified atom stereocenters. The number of carbonyl (C=O) groups excluding carboxylic acids is 1. The lowest BCUT2D eigenvalue weighted by Gasteiger charge is -2.17. The highest BCUT2D eigenvalue weighted by Crippen LogP contribution is 2.19. The zero-order valence-electron chi connectivity index (χ0n) is 11.6. The lowest BCUT2D eigenvalue weighted by Crippen LogP contribution is -2.31. The fourth-order valence-electron chi connectivity index (χ4n) is 2.63. The van der Waals surface area contributed by atoms with Crippen molar-refractivity contribution in [3.63, 3.8) is 0 Å². The molecule has 110 valence electrons. The Bertz CT molecular complexity index is 637. The zero-order valence-corrected chi connectivity index (χ0v) is 11.6. The lowest BCUT2D eigenvalue weighted by atomic mass is 10.1. The summed E-state index contributed by atoms with van der Waals surface area (Å²) in [4.78, 5) is 18.4. The molecule has 2 heterocycles. The predicted molar refractivity (Wildman–Crippen MR) is 76.6 cm³/mol. The van der Waals surface area contributed by atoms with Gasteiger partial charge >= 0.3 is 0 Å². The summed E-state index contributed by atoms with van der Waals surface area (Å²) in [6.45, 7) is 2.00. The van der Waals surface area contributed by atoms with Crippen LogP contribution in [-0.4, -0.2) is 40.0 Å². The lowest BCUT2D eigenvalue weighted by molar-refractivity contribution is 0.0779. The highest BCUT2D eigenvalue weighted by molar-refractivity contribution is 5.93. The van der Waals surface area contributed by atoms with E-state index in [2.05, 4.69) is 4.98 Å². The molecule has 1 aliphatic heterocycles. The number of imidazole rings is 1. The summed E-state index contributed by atoms with van der Waals surface area (Å²) in [6, 6.07) is 5.98. The van der Waals surface area contributed by atoms with Crippen LogP contribution >= 0.6 is 0 Å². The smallest absolute Gasteiger partial charge is 0.272 e. The van der Waals surface area contributed by atoms with Gasteiger partial charge in [0.05, 0.1) is 12.5 Å². The second kappa shape index (κ2) is 5.65. The molecule has 5 nitrogen and oxygen atoms in total. The number of likely N-dealkylation sites (tertiary alicyclic amines) is 1. The maximum Gasteiger partial charge on any atom is 0.272 e. The molecule has 1 amide bonds. The van der Waals surface area contributed by atoms with Crippen LogP contribution in [0.4, 0.5) is 4.39 Å². The Morgan fingerprint density at radius 3 is 2.81 bits per heavy atom. The molecule has 2 N–H and O–H groups in total. The summed E-state index contributed by atoms with van der Waals surface area (Å²) in [7, 11) is 0. The number of halogens is 1. The summed E-state index contributed by atoms with van der Waals surface area (Å²) in [5.74, 6) is 0.000917. The minimum atomic E-state index is -0.308. The standard InChI is InChI=1S/C15H17FN4O/c16-12-1-3-13(4-2-12)20-10-18-8-14(20)15(21)19-6-5-11(7-17)9-19/h1-4,8,10-11H,5-7,9,17H2. The van der Waals surface area contributed by atoms with E-state index in [0.29, 0.717) is 30.4 Å². The fraction of sp³-hybridized carbons (Fsp3) is 0.333. The van der Waals surface area contributed by atoms with Gasteiger partial charge in [0.2, 0.25) is 0 Å². The quantitative estimate of drug-likeness (QED) is 0.929. The van der Waals surface area contributed by atoms with E-state index in [-0.39, 0.29) is 11.7 Å². The summed E-state index contributed by atoms with van der Waals surface area (Å²) in [6.07, 6.45) is 4.05. The van der Waals surface area contributed by atoms with Crippen molar-refractivity contribution in [2.75, 3.05) is 19.6 Å². The van der Waals surface area contributed by atoms with E-state index in [1.807, 2.05) is 0 Å². The first-order valence-corrected chi connectivity index (χ1v) is 6.96. The number of nitrogens with two attached hydrogens (primary N) is 1. The molecule has 0 saturated carbocycles. The van der Waals surface area contributed by atoms with Gasteiger partial charge in [-0.1, -0.05) is 0 Å². The number of nitrogens with zero attached hydrogens (tertiary/aromatic N) is 3. The van der Waals surface area contributed by atoms with Crippen LogP contribution in [0.2, 0.25) is 0 Å². The molecule has 1 atom stereocenters. The number of aromatic nitrogens is 2. The van der Waals surface area contributed by atoms with E-state index >= 15 is 0 Å². The van der Waals surface area contributed by atoms with Gasteiger partial charge in [-0.2, -0.15) is 0 Å². The van der Waals surface area contributed by atoms with Crippen LogP contribution in [-0.2, 0) is 0 Å². The molecule has 1 aliphatic rings. The molecule has 3 rings (SSSR count). The normalized spacial score (nSPS) is 18.2. The molecule has 1 fully saturated rings. The summed E-state index contributed by atoms with van der Waals surface area (Å²) >= 11 is 0. The Hall–Kier alpha value is -2.21. The Balaban J connectivity index is 1.85. The largest absolute Gasteiger partial charge is 0.337 e. The van der Waals surface area contributed by atoms with E-state index < -0.39 is 0 Å². The highest BCUT2D eigenvalue weighted by atomic mass is 19.1. The van der Waals surface area contributed by atoms with Gasteiger partial charge < -0.3 is 10.6 Å². The zero-order chi connectivity index (χ0) is 14.8. The first-order valence-electron chi connectivity index (χ1n) is 6.96. The molecule has 6 heteroatoms. The number of hydrogen-bond donors (Lipinski definition) is 1. The fourth-order valence-corrected chi connectivity index (χ4v) is 2.63. The number of benzene rings is 1. The van der Waals surface area contributed by atoms with Gasteiger partial charge in [-0.25, -0.2) is 9.37 Å². The van der Waals surface area contributed by atoms with Crippen molar-refractivity contribution in [1.82, 2.24) is 14.5 Å². The van der Waals surface area contributed by atoms with Crippen molar-refractivity contribution < 1.29 is 9.18 Å². The third kappa shape index (κ3) is 2.67. The van der Waals surface area contributed by atoms with Crippen LogP contribution in [0.1, 0.15) is 16.9 Å². The van der Waals surface area contributed by atoms with Gasteiger partial charge in [0.15, 0.2) is 0 Å². The monoisotopic (exact) mass is 288 g/mol. The number of carbonyl (C=O) groups is 1. The molecule has 1 saturated heterocycles. The Labute approximate surface area is 122 Å². The van der Waals surface area contributed by atoms with Crippen LogP contribution in [0.3, 0.4) is 0 Å². The third-order valence-electron chi connectivity index (χ3n) is 3.87. The molecular formula is C15H17FN4O. The van der Waals surface area contributed by atoms with Crippen molar-refractivity contribution in [2.45, 2.75) is 6.42 Å². The molecule has 0 spiro atoms. The van der Waals surface area contributed by atoms with Crippen LogP contribution in [0.25, 0.3) is 5.69 Å². The van der Waals surface area contributed by atoms with Gasteiger partial charge in [0.1, 0.15) is 11.5 Å². The minimum absolute atomic E-state index is 0.0622.